The molecule has 0 fully saturated rings. The molecule has 0 aliphatic heterocycles. The molecule has 0 amide bonds. The van der Waals surface area contributed by atoms with Crippen LogP contribution in [0.5, 0.6) is 0 Å². The topological polar surface area (TPSA) is 46.2 Å². The molecule has 0 atom stereocenters. The summed E-state index contributed by atoms with van der Waals surface area (Å²) in [6.07, 6.45) is 0. The number of nitrogens with one attached hydrogen (secondary N) is 1. The Morgan fingerprint density at radius 3 is 2.25 bits per heavy atom. The first kappa shape index (κ1) is 14.5. The van der Waals surface area contributed by atoms with Crippen molar-refractivity contribution in [2.75, 3.05) is 4.72 Å². The molecule has 1 N–H and O–H groups in total. The fraction of sp³-hybridized carbons (Fsp3) is 0.200. The maximum Gasteiger partial charge on any atom is 0.262 e. The highest BCUT2D eigenvalue weighted by molar-refractivity contribution is 7.92. The van der Waals surface area contributed by atoms with Crippen LogP contribution in [0.15, 0.2) is 41.3 Å². The van der Waals surface area contributed by atoms with Gasteiger partial charge in [0.2, 0.25) is 0 Å². The average Bonchev–Trinajstić information content (AvgIpc) is 2.36. The van der Waals surface area contributed by atoms with Gasteiger partial charge in [-0.05, 0) is 55.7 Å². The summed E-state index contributed by atoms with van der Waals surface area (Å²) in [5.41, 5.74) is 2.19. The molecule has 0 unspecified atom stereocenters. The minimum absolute atomic E-state index is 0.207. The lowest BCUT2D eigenvalue weighted by atomic mass is 10.2. The lowest BCUT2D eigenvalue weighted by molar-refractivity contribution is 0.600. The van der Waals surface area contributed by atoms with Gasteiger partial charge >= 0.3 is 0 Å². The van der Waals surface area contributed by atoms with Crippen LogP contribution in [-0.2, 0) is 10.0 Å². The van der Waals surface area contributed by atoms with E-state index in [4.69, 9.17) is 0 Å². The molecule has 2 rings (SSSR count). The molecule has 0 aliphatic rings. The maximum absolute atomic E-state index is 13.5. The first-order valence-electron chi connectivity index (χ1n) is 6.16. The number of sulfonamides is 1. The van der Waals surface area contributed by atoms with E-state index in [0.29, 0.717) is 11.1 Å². The average molecular weight is 293 g/mol. The Balaban J connectivity index is 2.40. The van der Waals surface area contributed by atoms with Crippen LogP contribution in [0.2, 0.25) is 0 Å². The van der Waals surface area contributed by atoms with Crippen molar-refractivity contribution in [3.63, 3.8) is 0 Å². The van der Waals surface area contributed by atoms with E-state index in [-0.39, 0.29) is 10.6 Å². The van der Waals surface area contributed by atoms with Gasteiger partial charge in [0, 0.05) is 0 Å². The van der Waals surface area contributed by atoms with Gasteiger partial charge in [-0.2, -0.15) is 0 Å². The van der Waals surface area contributed by atoms with E-state index in [0.717, 1.165) is 5.56 Å². The summed E-state index contributed by atoms with van der Waals surface area (Å²) in [7, 11) is -3.71. The molecule has 2 aromatic carbocycles. The highest BCUT2D eigenvalue weighted by Gasteiger charge is 2.17. The van der Waals surface area contributed by atoms with Gasteiger partial charge in [0.05, 0.1) is 10.6 Å². The van der Waals surface area contributed by atoms with Gasteiger partial charge in [-0.3, -0.25) is 4.72 Å². The summed E-state index contributed by atoms with van der Waals surface area (Å²) in [4.78, 5) is 0.207. The van der Waals surface area contributed by atoms with Crippen molar-refractivity contribution in [2.45, 2.75) is 25.7 Å². The van der Waals surface area contributed by atoms with Crippen molar-refractivity contribution in [3.05, 3.63) is 58.9 Å². The highest BCUT2D eigenvalue weighted by Crippen LogP contribution is 2.21. The zero-order chi connectivity index (χ0) is 14.9. The zero-order valence-corrected chi connectivity index (χ0v) is 12.4. The SMILES string of the molecule is Cc1ccc(C)c(S(=O)(=O)Nc2ccc(C)c(F)c2)c1. The Kier molecular flexibility index (Phi) is 3.81. The molecule has 5 heteroatoms. The molecule has 0 bridgehead atoms. The molecule has 3 nitrogen and oxygen atoms in total. The largest absolute Gasteiger partial charge is 0.280 e. The number of benzene rings is 2. The Hall–Kier alpha value is -1.88. The quantitative estimate of drug-likeness (QED) is 0.940. The minimum atomic E-state index is -3.71. The number of rotatable bonds is 3. The Bertz CT molecular complexity index is 754. The summed E-state index contributed by atoms with van der Waals surface area (Å²) in [6, 6.07) is 9.46. The normalized spacial score (nSPS) is 11.4. The van der Waals surface area contributed by atoms with E-state index in [1.807, 2.05) is 13.0 Å². The minimum Gasteiger partial charge on any atom is -0.280 e. The van der Waals surface area contributed by atoms with Crippen molar-refractivity contribution in [1.82, 2.24) is 0 Å². The van der Waals surface area contributed by atoms with Crippen LogP contribution >= 0.6 is 0 Å². The van der Waals surface area contributed by atoms with Crippen LogP contribution in [0.25, 0.3) is 0 Å². The van der Waals surface area contributed by atoms with Crippen LogP contribution in [-0.4, -0.2) is 8.42 Å². The number of anilines is 1. The van der Waals surface area contributed by atoms with Gasteiger partial charge in [-0.15, -0.1) is 0 Å². The molecule has 106 valence electrons. The van der Waals surface area contributed by atoms with E-state index in [2.05, 4.69) is 4.72 Å². The molecule has 0 radical (unpaired) electrons. The summed E-state index contributed by atoms with van der Waals surface area (Å²) < 4.78 is 40.5. The van der Waals surface area contributed by atoms with Crippen LogP contribution < -0.4 is 4.72 Å². The predicted molar refractivity (Wildman–Crippen MR) is 77.9 cm³/mol. The second kappa shape index (κ2) is 5.25. The molecule has 0 spiro atoms. The molecule has 0 heterocycles. The molecule has 2 aromatic rings. The Labute approximate surface area is 118 Å². The summed E-state index contributed by atoms with van der Waals surface area (Å²) in [5.74, 6) is -0.439. The van der Waals surface area contributed by atoms with Gasteiger partial charge in [-0.25, -0.2) is 12.8 Å². The van der Waals surface area contributed by atoms with E-state index < -0.39 is 15.8 Å². The number of hydrogen-bond donors (Lipinski definition) is 1. The fourth-order valence-corrected chi connectivity index (χ4v) is 3.24. The van der Waals surface area contributed by atoms with Crippen molar-refractivity contribution < 1.29 is 12.8 Å². The second-order valence-corrected chi connectivity index (χ2v) is 6.49. The molecule has 0 aromatic heterocycles. The van der Waals surface area contributed by atoms with Gasteiger partial charge in [0.1, 0.15) is 5.82 Å². The van der Waals surface area contributed by atoms with Crippen molar-refractivity contribution in [3.8, 4) is 0 Å². The Morgan fingerprint density at radius 1 is 0.950 bits per heavy atom. The van der Waals surface area contributed by atoms with Gasteiger partial charge in [0.25, 0.3) is 10.0 Å². The first-order valence-corrected chi connectivity index (χ1v) is 7.64. The van der Waals surface area contributed by atoms with E-state index in [9.17, 15) is 12.8 Å². The summed E-state index contributed by atoms with van der Waals surface area (Å²) in [6.45, 7) is 5.17. The third kappa shape index (κ3) is 2.99. The number of halogens is 1. The molecular weight excluding hydrogens is 277 g/mol. The Morgan fingerprint density at radius 2 is 1.60 bits per heavy atom. The third-order valence-electron chi connectivity index (χ3n) is 3.06. The predicted octanol–water partition coefficient (Wildman–Crippen LogP) is 3.55. The lowest BCUT2D eigenvalue weighted by Crippen LogP contribution is -2.14. The zero-order valence-electron chi connectivity index (χ0n) is 11.6. The second-order valence-electron chi connectivity index (χ2n) is 4.84. The van der Waals surface area contributed by atoms with E-state index >= 15 is 0 Å². The maximum atomic E-state index is 13.5. The first-order chi connectivity index (χ1) is 9.29. The van der Waals surface area contributed by atoms with Crippen molar-refractivity contribution >= 4 is 15.7 Å². The number of aryl methyl sites for hydroxylation is 3. The third-order valence-corrected chi connectivity index (χ3v) is 4.58. The molecule has 0 saturated heterocycles. The monoisotopic (exact) mass is 293 g/mol. The van der Waals surface area contributed by atoms with Crippen LogP contribution in [0.4, 0.5) is 10.1 Å². The number of hydrogen-bond acceptors (Lipinski definition) is 2. The summed E-state index contributed by atoms with van der Waals surface area (Å²) in [5, 5.41) is 0. The molecule has 20 heavy (non-hydrogen) atoms. The summed E-state index contributed by atoms with van der Waals surface area (Å²) >= 11 is 0. The van der Waals surface area contributed by atoms with Gasteiger partial charge in [0.15, 0.2) is 0 Å². The van der Waals surface area contributed by atoms with Crippen molar-refractivity contribution in [2.24, 2.45) is 0 Å². The lowest BCUT2D eigenvalue weighted by Gasteiger charge is -2.11. The van der Waals surface area contributed by atoms with E-state index in [1.165, 1.54) is 12.1 Å². The van der Waals surface area contributed by atoms with E-state index in [1.54, 1.807) is 32.0 Å². The fourth-order valence-electron chi connectivity index (χ4n) is 1.86. The van der Waals surface area contributed by atoms with Gasteiger partial charge in [-0.1, -0.05) is 18.2 Å². The van der Waals surface area contributed by atoms with Crippen LogP contribution in [0.1, 0.15) is 16.7 Å². The molecular formula is C15H16FNO2S. The van der Waals surface area contributed by atoms with Crippen LogP contribution in [0, 0.1) is 26.6 Å². The van der Waals surface area contributed by atoms with Crippen molar-refractivity contribution in [1.29, 1.82) is 0 Å². The molecule has 0 aliphatic carbocycles. The smallest absolute Gasteiger partial charge is 0.262 e. The highest BCUT2D eigenvalue weighted by atomic mass is 32.2. The van der Waals surface area contributed by atoms with Crippen LogP contribution in [0.3, 0.4) is 0 Å². The standard InChI is InChI=1S/C15H16FNO2S/c1-10-4-5-12(3)15(8-10)20(18,19)17-13-7-6-11(2)14(16)9-13/h4-9,17H,1-3H3. The molecule has 0 saturated carbocycles. The van der Waals surface area contributed by atoms with Gasteiger partial charge < -0.3 is 0 Å².